The standard InChI is InChI=1S/C20H36N6O3S/c1-17(2)14-24-7-4-5-18(15-24)13-22-20(21-3)25-8-10-26(11-9-25)30(27,28)16-19-6-12-29-23-19/h6,12,17-18H,4-5,7-11,13-16H2,1-3H3,(H,21,22). The molecule has 10 heteroatoms. The molecule has 0 aromatic carbocycles. The van der Waals surface area contributed by atoms with Gasteiger partial charge in [0.1, 0.15) is 12.0 Å². The Morgan fingerprint density at radius 1 is 1.30 bits per heavy atom. The van der Waals surface area contributed by atoms with Gasteiger partial charge >= 0.3 is 0 Å². The summed E-state index contributed by atoms with van der Waals surface area (Å²) in [5.41, 5.74) is 0.439. The SMILES string of the molecule is CN=C(NCC1CCCN(CC(C)C)C1)N1CCN(S(=O)(=O)Cc2ccon2)CC1. The van der Waals surface area contributed by atoms with Crippen LogP contribution in [0.4, 0.5) is 0 Å². The van der Waals surface area contributed by atoms with Gasteiger partial charge in [-0.15, -0.1) is 0 Å². The number of nitrogens with one attached hydrogen (secondary N) is 1. The van der Waals surface area contributed by atoms with Crippen molar-refractivity contribution in [2.45, 2.75) is 32.4 Å². The first-order valence-corrected chi connectivity index (χ1v) is 12.5. The van der Waals surface area contributed by atoms with Crippen molar-refractivity contribution in [3.63, 3.8) is 0 Å². The van der Waals surface area contributed by atoms with Gasteiger partial charge in [0.2, 0.25) is 10.0 Å². The second-order valence-corrected chi connectivity index (χ2v) is 10.7. The zero-order valence-corrected chi connectivity index (χ0v) is 19.3. The van der Waals surface area contributed by atoms with Crippen molar-refractivity contribution in [2.75, 3.05) is 59.4 Å². The molecule has 2 saturated heterocycles. The van der Waals surface area contributed by atoms with E-state index in [-0.39, 0.29) is 5.75 Å². The smallest absolute Gasteiger partial charge is 0.220 e. The van der Waals surface area contributed by atoms with Gasteiger partial charge in [0.25, 0.3) is 0 Å². The number of sulfonamides is 1. The maximum Gasteiger partial charge on any atom is 0.220 e. The van der Waals surface area contributed by atoms with Crippen molar-refractivity contribution in [1.29, 1.82) is 0 Å². The van der Waals surface area contributed by atoms with E-state index in [2.05, 4.69) is 39.1 Å². The molecule has 2 aliphatic rings. The number of likely N-dealkylation sites (tertiary alicyclic amines) is 1. The molecular weight excluding hydrogens is 404 g/mol. The predicted molar refractivity (Wildman–Crippen MR) is 118 cm³/mol. The lowest BCUT2D eigenvalue weighted by molar-refractivity contribution is 0.158. The van der Waals surface area contributed by atoms with Gasteiger partial charge in [-0.3, -0.25) is 4.99 Å². The highest BCUT2D eigenvalue weighted by atomic mass is 32.2. The number of aromatic nitrogens is 1. The van der Waals surface area contributed by atoms with Gasteiger partial charge in [0.05, 0.1) is 5.69 Å². The number of nitrogens with zero attached hydrogens (tertiary/aromatic N) is 5. The average molecular weight is 441 g/mol. The molecule has 1 unspecified atom stereocenters. The van der Waals surface area contributed by atoms with Crippen molar-refractivity contribution in [1.82, 2.24) is 24.6 Å². The van der Waals surface area contributed by atoms with Crippen LogP contribution in [0.5, 0.6) is 0 Å². The van der Waals surface area contributed by atoms with Crippen LogP contribution < -0.4 is 5.32 Å². The third kappa shape index (κ3) is 6.42. The van der Waals surface area contributed by atoms with Gasteiger partial charge in [-0.1, -0.05) is 19.0 Å². The van der Waals surface area contributed by atoms with Crippen molar-refractivity contribution in [3.05, 3.63) is 18.0 Å². The van der Waals surface area contributed by atoms with Crippen molar-refractivity contribution >= 4 is 16.0 Å². The summed E-state index contributed by atoms with van der Waals surface area (Å²) < 4.78 is 31.5. The molecule has 1 aromatic heterocycles. The zero-order valence-electron chi connectivity index (χ0n) is 18.5. The largest absolute Gasteiger partial charge is 0.364 e. The molecule has 1 aromatic rings. The quantitative estimate of drug-likeness (QED) is 0.500. The molecule has 2 fully saturated rings. The van der Waals surface area contributed by atoms with E-state index in [1.807, 2.05) is 0 Å². The molecule has 1 atom stereocenters. The van der Waals surface area contributed by atoms with Crippen molar-refractivity contribution in [3.8, 4) is 0 Å². The minimum Gasteiger partial charge on any atom is -0.364 e. The monoisotopic (exact) mass is 440 g/mol. The molecule has 0 amide bonds. The van der Waals surface area contributed by atoms with E-state index < -0.39 is 10.0 Å². The normalized spacial score (nSPS) is 22.6. The van der Waals surface area contributed by atoms with E-state index in [1.165, 1.54) is 30.0 Å². The Morgan fingerprint density at radius 3 is 2.70 bits per heavy atom. The van der Waals surface area contributed by atoms with Crippen molar-refractivity contribution < 1.29 is 12.9 Å². The first-order chi connectivity index (χ1) is 14.4. The van der Waals surface area contributed by atoms with Gasteiger partial charge in [-0.25, -0.2) is 8.42 Å². The number of guanidine groups is 1. The van der Waals surface area contributed by atoms with E-state index >= 15 is 0 Å². The van der Waals surface area contributed by atoms with E-state index in [4.69, 9.17) is 4.52 Å². The van der Waals surface area contributed by atoms with Gasteiger partial charge in [-0.05, 0) is 31.2 Å². The Morgan fingerprint density at radius 2 is 2.07 bits per heavy atom. The minimum absolute atomic E-state index is 0.120. The maximum atomic E-state index is 12.6. The van der Waals surface area contributed by atoms with E-state index in [0.717, 1.165) is 25.6 Å². The summed E-state index contributed by atoms with van der Waals surface area (Å²) in [4.78, 5) is 9.16. The molecule has 1 N–H and O–H groups in total. The average Bonchev–Trinajstić information content (AvgIpc) is 3.21. The molecule has 30 heavy (non-hydrogen) atoms. The third-order valence-corrected chi connectivity index (χ3v) is 7.55. The number of hydrogen-bond donors (Lipinski definition) is 1. The van der Waals surface area contributed by atoms with Crippen LogP contribution >= 0.6 is 0 Å². The van der Waals surface area contributed by atoms with Gasteiger partial charge < -0.3 is 19.6 Å². The second kappa shape index (κ2) is 10.6. The van der Waals surface area contributed by atoms with Crippen LogP contribution in [-0.2, 0) is 15.8 Å². The highest BCUT2D eigenvalue weighted by Gasteiger charge is 2.29. The van der Waals surface area contributed by atoms with Crippen LogP contribution in [0.25, 0.3) is 0 Å². The van der Waals surface area contributed by atoms with E-state index in [1.54, 1.807) is 13.1 Å². The molecule has 0 bridgehead atoms. The number of rotatable bonds is 7. The fourth-order valence-electron chi connectivity index (χ4n) is 4.34. The summed E-state index contributed by atoms with van der Waals surface area (Å²) in [5, 5.41) is 7.25. The molecule has 170 valence electrons. The highest BCUT2D eigenvalue weighted by molar-refractivity contribution is 7.88. The topological polar surface area (TPSA) is 94.3 Å². The zero-order chi connectivity index (χ0) is 21.6. The maximum absolute atomic E-state index is 12.6. The Bertz CT molecular complexity index is 772. The Kier molecular flexibility index (Phi) is 8.13. The molecule has 0 saturated carbocycles. The van der Waals surface area contributed by atoms with Gasteiger partial charge in [0, 0.05) is 58.9 Å². The third-order valence-electron chi connectivity index (χ3n) is 5.74. The highest BCUT2D eigenvalue weighted by Crippen LogP contribution is 2.17. The van der Waals surface area contributed by atoms with E-state index in [0.29, 0.717) is 43.7 Å². The Hall–Kier alpha value is -1.65. The molecule has 3 rings (SSSR count). The van der Waals surface area contributed by atoms with Crippen LogP contribution in [0.15, 0.2) is 21.8 Å². The molecule has 0 radical (unpaired) electrons. The van der Waals surface area contributed by atoms with Crippen LogP contribution in [-0.4, -0.2) is 93.0 Å². The summed E-state index contributed by atoms with van der Waals surface area (Å²) in [6.07, 6.45) is 3.89. The first kappa shape index (κ1) is 23.0. The molecule has 0 spiro atoms. The van der Waals surface area contributed by atoms with Crippen LogP contribution in [0.2, 0.25) is 0 Å². The van der Waals surface area contributed by atoms with Crippen LogP contribution in [0.1, 0.15) is 32.4 Å². The Labute approximate surface area is 180 Å². The number of aliphatic imine (C=N–C) groups is 1. The molecule has 3 heterocycles. The lowest BCUT2D eigenvalue weighted by atomic mass is 9.97. The van der Waals surface area contributed by atoms with Gasteiger partial charge in [0.15, 0.2) is 5.96 Å². The second-order valence-electron chi connectivity index (χ2n) is 8.72. The fraction of sp³-hybridized carbons (Fsp3) is 0.800. The summed E-state index contributed by atoms with van der Waals surface area (Å²) in [5.74, 6) is 2.06. The lowest BCUT2D eigenvalue weighted by Crippen LogP contribution is -2.54. The summed E-state index contributed by atoms with van der Waals surface area (Å²) in [7, 11) is -1.60. The molecular formula is C20H36N6O3S. The number of piperazine rings is 1. The number of hydrogen-bond acceptors (Lipinski definition) is 6. The van der Waals surface area contributed by atoms with Crippen molar-refractivity contribution in [2.24, 2.45) is 16.8 Å². The van der Waals surface area contributed by atoms with E-state index in [9.17, 15) is 8.42 Å². The Balaban J connectivity index is 1.46. The molecule has 9 nitrogen and oxygen atoms in total. The van der Waals surface area contributed by atoms with Crippen LogP contribution in [0, 0.1) is 11.8 Å². The molecule has 2 aliphatic heterocycles. The summed E-state index contributed by atoms with van der Waals surface area (Å²) >= 11 is 0. The number of piperidine rings is 1. The molecule has 0 aliphatic carbocycles. The van der Waals surface area contributed by atoms with Gasteiger partial charge in [-0.2, -0.15) is 4.31 Å². The minimum atomic E-state index is -3.39. The summed E-state index contributed by atoms with van der Waals surface area (Å²) in [6.45, 7) is 11.1. The fourth-order valence-corrected chi connectivity index (χ4v) is 5.76. The summed E-state index contributed by atoms with van der Waals surface area (Å²) in [6, 6.07) is 1.59. The lowest BCUT2D eigenvalue weighted by Gasteiger charge is -2.37. The first-order valence-electron chi connectivity index (χ1n) is 10.9. The van der Waals surface area contributed by atoms with Crippen LogP contribution in [0.3, 0.4) is 0 Å². The predicted octanol–water partition coefficient (Wildman–Crippen LogP) is 1.07.